The molecule has 9 heavy (non-hydrogen) atoms. The van der Waals surface area contributed by atoms with Gasteiger partial charge < -0.3 is 5.32 Å². The summed E-state index contributed by atoms with van der Waals surface area (Å²) in [6, 6.07) is 6.53. The molecule has 0 amide bonds. The number of nitrogens with two attached hydrogens (primary N) is 1. The molecule has 0 spiro atoms. The minimum absolute atomic E-state index is 0.215. The summed E-state index contributed by atoms with van der Waals surface area (Å²) in [5.41, 5.74) is 0.553. The smallest absolute Gasteiger partial charge is 0.181 e. The normalized spacial score (nSPS) is 9.56. The van der Waals surface area contributed by atoms with E-state index in [9.17, 15) is 4.39 Å². The summed E-state index contributed by atoms with van der Waals surface area (Å²) in [5, 5.41) is 1.50. The lowest BCUT2D eigenvalue weighted by atomic mass is 10.3. The number of benzene rings is 1. The summed E-state index contributed by atoms with van der Waals surface area (Å²) < 4.78 is 12.5. The highest BCUT2D eigenvalue weighted by Crippen LogP contribution is 2.04. The first-order valence-electron chi connectivity index (χ1n) is 2.71. The van der Waals surface area contributed by atoms with Crippen LogP contribution in [0.3, 0.4) is 0 Å². The van der Waals surface area contributed by atoms with Crippen molar-refractivity contribution in [3.05, 3.63) is 37.1 Å². The summed E-state index contributed by atoms with van der Waals surface area (Å²) >= 11 is 0. The zero-order valence-electron chi connectivity index (χ0n) is 4.97. The van der Waals surface area contributed by atoms with Gasteiger partial charge in [-0.3, -0.25) is 0 Å². The van der Waals surface area contributed by atoms with Crippen molar-refractivity contribution in [2.45, 2.75) is 0 Å². The van der Waals surface area contributed by atoms with Crippen LogP contribution in [0.25, 0.3) is 0 Å². The molecule has 1 nitrogen and oxygen atoms in total. The Morgan fingerprint density at radius 2 is 2.00 bits per heavy atom. The lowest BCUT2D eigenvalue weighted by molar-refractivity contribution is -0.506. The second-order valence-electron chi connectivity index (χ2n) is 1.73. The van der Waals surface area contributed by atoms with E-state index in [-0.39, 0.29) is 5.82 Å². The van der Waals surface area contributed by atoms with Gasteiger partial charge in [0.25, 0.3) is 0 Å². The third kappa shape index (κ3) is 1.27. The quantitative estimate of drug-likeness (QED) is 0.422. The Hall–Kier alpha value is -0.890. The molecule has 0 aliphatic rings. The average Bonchev–Trinajstić information content (AvgIpc) is 1.89. The molecule has 0 aliphatic heterocycles. The molecular formula is C7H8FN. The molecule has 1 rings (SSSR count). The van der Waals surface area contributed by atoms with E-state index in [2.05, 4.69) is 7.05 Å². The molecule has 1 aromatic carbocycles. The largest absolute Gasteiger partial charge is 0.443 e. The second kappa shape index (κ2) is 2.60. The van der Waals surface area contributed by atoms with Crippen molar-refractivity contribution in [3.63, 3.8) is 0 Å². The maximum Gasteiger partial charge on any atom is 0.181 e. The van der Waals surface area contributed by atoms with Gasteiger partial charge in [0.15, 0.2) is 5.82 Å². The molecule has 0 atom stereocenters. The summed E-state index contributed by atoms with van der Waals surface area (Å²) in [7, 11) is 3.45. The summed E-state index contributed by atoms with van der Waals surface area (Å²) in [6.07, 6.45) is 0. The lowest BCUT2D eigenvalue weighted by Crippen LogP contribution is -2.70. The van der Waals surface area contributed by atoms with Gasteiger partial charge in [-0.05, 0) is 12.1 Å². The van der Waals surface area contributed by atoms with Gasteiger partial charge in [0.2, 0.25) is 0 Å². The fraction of sp³-hybridized carbons (Fsp3) is 0. The highest BCUT2D eigenvalue weighted by molar-refractivity contribution is 5.29. The van der Waals surface area contributed by atoms with Crippen LogP contribution in [0.5, 0.6) is 0 Å². The zero-order valence-corrected chi connectivity index (χ0v) is 4.97. The van der Waals surface area contributed by atoms with Gasteiger partial charge in [0.05, 0.1) is 0 Å². The van der Waals surface area contributed by atoms with Crippen LogP contribution < -0.4 is 5.32 Å². The topological polar surface area (TPSA) is 16.6 Å². The zero-order chi connectivity index (χ0) is 6.69. The van der Waals surface area contributed by atoms with Crippen molar-refractivity contribution in [1.29, 1.82) is 0 Å². The van der Waals surface area contributed by atoms with Crippen molar-refractivity contribution < 1.29 is 9.71 Å². The van der Waals surface area contributed by atoms with Gasteiger partial charge in [-0.1, -0.05) is 12.1 Å². The molecule has 1 aromatic rings. The van der Waals surface area contributed by atoms with Gasteiger partial charge in [0.1, 0.15) is 5.69 Å². The minimum atomic E-state index is -0.215. The third-order valence-corrected chi connectivity index (χ3v) is 1.13. The van der Waals surface area contributed by atoms with Crippen molar-refractivity contribution in [1.82, 2.24) is 0 Å². The van der Waals surface area contributed by atoms with E-state index in [0.717, 1.165) is 0 Å². The first-order valence-corrected chi connectivity index (χ1v) is 2.71. The summed E-state index contributed by atoms with van der Waals surface area (Å²) in [4.78, 5) is 0. The van der Waals surface area contributed by atoms with E-state index in [1.54, 1.807) is 18.2 Å². The van der Waals surface area contributed by atoms with Gasteiger partial charge in [-0.25, -0.2) is 4.39 Å². The molecule has 0 radical (unpaired) electrons. The number of rotatable bonds is 1. The third-order valence-electron chi connectivity index (χ3n) is 1.13. The van der Waals surface area contributed by atoms with Crippen LogP contribution in [0.1, 0.15) is 0 Å². The standard InChI is InChI=1S/C7H8FN/c1-9-7-5-3-2-4-6(7)8/h2-5H,1,9H2. The number of hydrogen-bond donors (Lipinski definition) is 1. The molecule has 2 heteroatoms. The highest BCUT2D eigenvalue weighted by Gasteiger charge is 1.95. The first kappa shape index (κ1) is 6.23. The molecule has 0 fully saturated rings. The van der Waals surface area contributed by atoms with E-state index in [1.807, 2.05) is 0 Å². The van der Waals surface area contributed by atoms with Crippen LogP contribution in [-0.4, -0.2) is 0 Å². The number of para-hydroxylation sites is 1. The Kier molecular flexibility index (Phi) is 1.80. The molecule has 0 heterocycles. The van der Waals surface area contributed by atoms with Crippen molar-refractivity contribution in [2.75, 3.05) is 0 Å². The predicted molar refractivity (Wildman–Crippen MR) is 33.3 cm³/mol. The van der Waals surface area contributed by atoms with Gasteiger partial charge >= 0.3 is 0 Å². The SMILES string of the molecule is [CH2-][NH2+]c1ccccc1F. The molecular weight excluding hydrogens is 117 g/mol. The molecule has 48 valence electrons. The van der Waals surface area contributed by atoms with Crippen LogP contribution in [0, 0.1) is 12.9 Å². The molecule has 0 unspecified atom stereocenters. The number of halogens is 1. The van der Waals surface area contributed by atoms with Crippen LogP contribution in [0.4, 0.5) is 10.1 Å². The molecule has 2 N–H and O–H groups in total. The van der Waals surface area contributed by atoms with Gasteiger partial charge in [0, 0.05) is 0 Å². The fourth-order valence-electron chi connectivity index (χ4n) is 0.641. The Morgan fingerprint density at radius 1 is 1.33 bits per heavy atom. The fourth-order valence-corrected chi connectivity index (χ4v) is 0.641. The average molecular weight is 125 g/mol. The van der Waals surface area contributed by atoms with Gasteiger partial charge in [-0.2, -0.15) is 0 Å². The Morgan fingerprint density at radius 3 is 2.44 bits per heavy atom. The second-order valence-corrected chi connectivity index (χ2v) is 1.73. The summed E-state index contributed by atoms with van der Waals surface area (Å²) in [6.45, 7) is 0. The maximum atomic E-state index is 12.5. The van der Waals surface area contributed by atoms with Crippen LogP contribution in [0.15, 0.2) is 24.3 Å². The minimum Gasteiger partial charge on any atom is -0.443 e. The number of quaternary nitrogens is 1. The van der Waals surface area contributed by atoms with Crippen molar-refractivity contribution in [3.8, 4) is 0 Å². The Labute approximate surface area is 53.5 Å². The van der Waals surface area contributed by atoms with Gasteiger partial charge in [-0.15, -0.1) is 7.05 Å². The Balaban J connectivity index is 3.01. The lowest BCUT2D eigenvalue weighted by Gasteiger charge is -1.97. The van der Waals surface area contributed by atoms with E-state index in [4.69, 9.17) is 0 Å². The van der Waals surface area contributed by atoms with E-state index in [0.29, 0.717) is 5.69 Å². The van der Waals surface area contributed by atoms with E-state index in [1.165, 1.54) is 11.4 Å². The number of hydrogen-bond acceptors (Lipinski definition) is 0. The monoisotopic (exact) mass is 125 g/mol. The molecule has 0 aliphatic carbocycles. The molecule has 0 saturated heterocycles. The van der Waals surface area contributed by atoms with Crippen molar-refractivity contribution in [2.24, 2.45) is 0 Å². The van der Waals surface area contributed by atoms with Crippen molar-refractivity contribution >= 4 is 5.69 Å². The van der Waals surface area contributed by atoms with Crippen LogP contribution >= 0.6 is 0 Å². The maximum absolute atomic E-state index is 12.5. The van der Waals surface area contributed by atoms with Crippen LogP contribution in [-0.2, 0) is 0 Å². The molecule has 0 aromatic heterocycles. The molecule has 0 bridgehead atoms. The summed E-state index contributed by atoms with van der Waals surface area (Å²) in [5.74, 6) is -0.215. The first-order chi connectivity index (χ1) is 4.34. The predicted octanol–water partition coefficient (Wildman–Crippen LogP) is 0.812. The van der Waals surface area contributed by atoms with Crippen LogP contribution in [0.2, 0.25) is 0 Å². The molecule has 0 saturated carbocycles. The van der Waals surface area contributed by atoms with E-state index < -0.39 is 0 Å². The van der Waals surface area contributed by atoms with E-state index >= 15 is 0 Å². The highest BCUT2D eigenvalue weighted by atomic mass is 19.1. The Bertz CT molecular complexity index is 198.